The Morgan fingerprint density at radius 3 is 2.06 bits per heavy atom. The second-order valence-corrected chi connectivity index (χ2v) is 5.08. The van der Waals surface area contributed by atoms with Crippen LogP contribution in [0.5, 0.6) is 0 Å². The van der Waals surface area contributed by atoms with Gasteiger partial charge in [0.25, 0.3) is 0 Å². The van der Waals surface area contributed by atoms with E-state index in [-0.39, 0.29) is 0 Å². The first-order valence-corrected chi connectivity index (χ1v) is 7.32. The highest BCUT2D eigenvalue weighted by molar-refractivity contribution is 4.67. The van der Waals surface area contributed by atoms with Crippen molar-refractivity contribution in [3.05, 3.63) is 0 Å². The fourth-order valence-corrected chi connectivity index (χ4v) is 2.54. The van der Waals surface area contributed by atoms with Crippen molar-refractivity contribution < 1.29 is 0 Å². The van der Waals surface area contributed by atoms with Crippen molar-refractivity contribution in [2.24, 2.45) is 0 Å². The number of hydrogen-bond acceptors (Lipinski definition) is 2. The molecule has 1 aliphatic rings. The third kappa shape index (κ3) is 5.86. The summed E-state index contributed by atoms with van der Waals surface area (Å²) >= 11 is 0. The standard InChI is InChI=1S/C14H30N2/c1-3-14(4-2)15-10-13-16-11-8-6-5-7-9-12-16/h14-15H,3-13H2,1-2H3. The SMILES string of the molecule is CCC(CC)NCCN1CCCCCCC1. The van der Waals surface area contributed by atoms with Gasteiger partial charge in [0.1, 0.15) is 0 Å². The molecule has 16 heavy (non-hydrogen) atoms. The second-order valence-electron chi connectivity index (χ2n) is 5.08. The van der Waals surface area contributed by atoms with Crippen molar-refractivity contribution in [2.45, 2.75) is 64.8 Å². The molecule has 0 bridgehead atoms. The van der Waals surface area contributed by atoms with Crippen LogP contribution in [0.4, 0.5) is 0 Å². The van der Waals surface area contributed by atoms with Crippen molar-refractivity contribution >= 4 is 0 Å². The number of likely N-dealkylation sites (tertiary alicyclic amines) is 1. The van der Waals surface area contributed by atoms with Crippen LogP contribution in [0, 0.1) is 0 Å². The molecule has 1 N–H and O–H groups in total. The lowest BCUT2D eigenvalue weighted by Gasteiger charge is -2.25. The van der Waals surface area contributed by atoms with Crippen LogP contribution in [-0.4, -0.2) is 37.1 Å². The molecule has 0 atom stereocenters. The van der Waals surface area contributed by atoms with Crippen molar-refractivity contribution in [3.8, 4) is 0 Å². The van der Waals surface area contributed by atoms with Crippen LogP contribution in [0.15, 0.2) is 0 Å². The minimum absolute atomic E-state index is 0.731. The lowest BCUT2D eigenvalue weighted by molar-refractivity contribution is 0.243. The van der Waals surface area contributed by atoms with Crippen LogP contribution in [0.2, 0.25) is 0 Å². The molecular weight excluding hydrogens is 196 g/mol. The molecule has 0 aromatic rings. The van der Waals surface area contributed by atoms with E-state index in [2.05, 4.69) is 24.1 Å². The zero-order chi connectivity index (χ0) is 11.6. The second kappa shape index (κ2) is 9.00. The van der Waals surface area contributed by atoms with Crippen LogP contribution in [0.25, 0.3) is 0 Å². The Morgan fingerprint density at radius 2 is 1.50 bits per heavy atom. The molecule has 0 radical (unpaired) electrons. The Balaban J connectivity index is 2.09. The van der Waals surface area contributed by atoms with Crippen molar-refractivity contribution in [1.82, 2.24) is 10.2 Å². The topological polar surface area (TPSA) is 15.3 Å². The fraction of sp³-hybridized carbons (Fsp3) is 1.00. The summed E-state index contributed by atoms with van der Waals surface area (Å²) in [6, 6.07) is 0.731. The van der Waals surface area contributed by atoms with Gasteiger partial charge in [-0.1, -0.05) is 33.1 Å². The molecule has 2 heteroatoms. The molecule has 0 saturated carbocycles. The molecule has 0 aromatic heterocycles. The first kappa shape index (κ1) is 14.0. The molecule has 0 aromatic carbocycles. The van der Waals surface area contributed by atoms with Crippen molar-refractivity contribution in [1.29, 1.82) is 0 Å². The van der Waals surface area contributed by atoms with Crippen LogP contribution in [0.1, 0.15) is 58.8 Å². The maximum absolute atomic E-state index is 3.66. The first-order valence-electron chi connectivity index (χ1n) is 7.32. The molecular formula is C14H30N2. The zero-order valence-corrected chi connectivity index (χ0v) is 11.3. The summed E-state index contributed by atoms with van der Waals surface area (Å²) in [5.41, 5.74) is 0. The Bertz CT molecular complexity index is 147. The number of nitrogens with zero attached hydrogens (tertiary/aromatic N) is 1. The molecule has 1 aliphatic heterocycles. The van der Waals surface area contributed by atoms with Gasteiger partial charge in [-0.05, 0) is 38.8 Å². The van der Waals surface area contributed by atoms with E-state index in [1.165, 1.54) is 71.1 Å². The van der Waals surface area contributed by atoms with Crippen LogP contribution < -0.4 is 5.32 Å². The number of hydrogen-bond donors (Lipinski definition) is 1. The third-order valence-electron chi connectivity index (χ3n) is 3.80. The molecule has 1 fully saturated rings. The van der Waals surface area contributed by atoms with Crippen LogP contribution in [0.3, 0.4) is 0 Å². The molecule has 2 nitrogen and oxygen atoms in total. The highest BCUT2D eigenvalue weighted by Crippen LogP contribution is 2.09. The predicted molar refractivity (Wildman–Crippen MR) is 71.9 cm³/mol. The summed E-state index contributed by atoms with van der Waals surface area (Å²) < 4.78 is 0. The Hall–Kier alpha value is -0.0800. The molecule has 96 valence electrons. The summed E-state index contributed by atoms with van der Waals surface area (Å²) in [5, 5.41) is 3.66. The van der Waals surface area contributed by atoms with Crippen molar-refractivity contribution in [3.63, 3.8) is 0 Å². The van der Waals surface area contributed by atoms with Gasteiger partial charge in [0.2, 0.25) is 0 Å². The van der Waals surface area contributed by atoms with Gasteiger partial charge in [-0.25, -0.2) is 0 Å². The van der Waals surface area contributed by atoms with Gasteiger partial charge in [-0.3, -0.25) is 0 Å². The van der Waals surface area contributed by atoms with Gasteiger partial charge in [0, 0.05) is 19.1 Å². The van der Waals surface area contributed by atoms with Gasteiger partial charge in [-0.2, -0.15) is 0 Å². The van der Waals surface area contributed by atoms with E-state index >= 15 is 0 Å². The third-order valence-corrected chi connectivity index (χ3v) is 3.80. The predicted octanol–water partition coefficient (Wildman–Crippen LogP) is 3.03. The fourth-order valence-electron chi connectivity index (χ4n) is 2.54. The lowest BCUT2D eigenvalue weighted by atomic mass is 10.1. The first-order chi connectivity index (χ1) is 7.86. The Morgan fingerprint density at radius 1 is 0.938 bits per heavy atom. The summed E-state index contributed by atoms with van der Waals surface area (Å²) in [6.45, 7) is 9.62. The van der Waals surface area contributed by atoms with Gasteiger partial charge in [0.15, 0.2) is 0 Å². The van der Waals surface area contributed by atoms with E-state index in [0.29, 0.717) is 0 Å². The van der Waals surface area contributed by atoms with E-state index < -0.39 is 0 Å². The molecule has 1 heterocycles. The van der Waals surface area contributed by atoms with E-state index in [0.717, 1.165) is 6.04 Å². The van der Waals surface area contributed by atoms with E-state index in [9.17, 15) is 0 Å². The minimum Gasteiger partial charge on any atom is -0.313 e. The van der Waals surface area contributed by atoms with Crippen molar-refractivity contribution in [2.75, 3.05) is 26.2 Å². The van der Waals surface area contributed by atoms with Gasteiger partial charge in [0.05, 0.1) is 0 Å². The minimum atomic E-state index is 0.731. The smallest absolute Gasteiger partial charge is 0.0107 e. The average molecular weight is 226 g/mol. The Labute approximate surface area is 102 Å². The molecule has 0 amide bonds. The normalized spacial score (nSPS) is 19.7. The maximum atomic E-state index is 3.66. The molecule has 0 unspecified atom stereocenters. The lowest BCUT2D eigenvalue weighted by Crippen LogP contribution is -2.38. The van der Waals surface area contributed by atoms with E-state index in [4.69, 9.17) is 0 Å². The average Bonchev–Trinajstić information content (AvgIpc) is 2.27. The summed E-state index contributed by atoms with van der Waals surface area (Å²) in [7, 11) is 0. The number of rotatable bonds is 6. The molecule has 0 aliphatic carbocycles. The number of nitrogens with one attached hydrogen (secondary N) is 1. The van der Waals surface area contributed by atoms with Gasteiger partial charge >= 0.3 is 0 Å². The van der Waals surface area contributed by atoms with E-state index in [1.807, 2.05) is 0 Å². The molecule has 0 spiro atoms. The highest BCUT2D eigenvalue weighted by atomic mass is 15.1. The highest BCUT2D eigenvalue weighted by Gasteiger charge is 2.08. The zero-order valence-electron chi connectivity index (χ0n) is 11.3. The largest absolute Gasteiger partial charge is 0.313 e. The molecule has 1 saturated heterocycles. The summed E-state index contributed by atoms with van der Waals surface area (Å²) in [5.74, 6) is 0. The Kier molecular flexibility index (Phi) is 7.87. The van der Waals surface area contributed by atoms with Crippen LogP contribution >= 0.6 is 0 Å². The van der Waals surface area contributed by atoms with Gasteiger partial charge < -0.3 is 10.2 Å². The molecule has 1 rings (SSSR count). The van der Waals surface area contributed by atoms with E-state index in [1.54, 1.807) is 0 Å². The monoisotopic (exact) mass is 226 g/mol. The van der Waals surface area contributed by atoms with Crippen LogP contribution in [-0.2, 0) is 0 Å². The summed E-state index contributed by atoms with van der Waals surface area (Å²) in [6.07, 6.45) is 9.68. The quantitative estimate of drug-likeness (QED) is 0.749. The maximum Gasteiger partial charge on any atom is 0.0107 e. The van der Waals surface area contributed by atoms with Gasteiger partial charge in [-0.15, -0.1) is 0 Å². The summed E-state index contributed by atoms with van der Waals surface area (Å²) in [4.78, 5) is 2.65.